The maximum Gasteiger partial charge on any atom is 0.166 e. The molecule has 0 aliphatic carbocycles. The average molecular weight is 242 g/mol. The van der Waals surface area contributed by atoms with E-state index in [9.17, 15) is 10.2 Å². The van der Waals surface area contributed by atoms with E-state index in [4.69, 9.17) is 0 Å². The van der Waals surface area contributed by atoms with E-state index in [0.29, 0.717) is 5.56 Å². The van der Waals surface area contributed by atoms with E-state index in [1.807, 2.05) is 37.4 Å². The van der Waals surface area contributed by atoms with Crippen molar-refractivity contribution < 1.29 is 10.2 Å². The quantitative estimate of drug-likeness (QED) is 0.494. The van der Waals surface area contributed by atoms with E-state index in [2.05, 4.69) is 5.10 Å². The molecule has 0 saturated carbocycles. The molecule has 0 bridgehead atoms. The summed E-state index contributed by atoms with van der Waals surface area (Å²) in [6.45, 7) is 0. The minimum atomic E-state index is -0.164. The Morgan fingerprint density at radius 1 is 1.00 bits per heavy atom. The van der Waals surface area contributed by atoms with E-state index < -0.39 is 0 Å². The van der Waals surface area contributed by atoms with Gasteiger partial charge in [0.05, 0.1) is 11.9 Å². The first kappa shape index (κ1) is 12.0. The lowest BCUT2D eigenvalue weighted by Gasteiger charge is -2.12. The molecular weight excluding hydrogens is 228 g/mol. The SMILES string of the molecule is CN(/N=C/c1cccc(O)c1O)c1ccccc1. The van der Waals surface area contributed by atoms with Gasteiger partial charge in [-0.25, -0.2) is 0 Å². The van der Waals surface area contributed by atoms with Crippen LogP contribution in [-0.4, -0.2) is 23.5 Å². The number of anilines is 1. The molecule has 4 nitrogen and oxygen atoms in total. The predicted molar refractivity (Wildman–Crippen MR) is 72.2 cm³/mol. The predicted octanol–water partition coefficient (Wildman–Crippen LogP) is 2.57. The molecule has 0 aromatic heterocycles. The van der Waals surface area contributed by atoms with Crippen LogP contribution in [0.25, 0.3) is 0 Å². The zero-order chi connectivity index (χ0) is 13.0. The first-order chi connectivity index (χ1) is 8.68. The minimum Gasteiger partial charge on any atom is -0.504 e. The number of phenols is 2. The number of hydrazone groups is 1. The van der Waals surface area contributed by atoms with Crippen molar-refractivity contribution in [2.24, 2.45) is 5.10 Å². The minimum absolute atomic E-state index is 0.152. The van der Waals surface area contributed by atoms with Crippen molar-refractivity contribution in [2.45, 2.75) is 0 Å². The Kier molecular flexibility index (Phi) is 3.48. The molecule has 0 aliphatic rings. The van der Waals surface area contributed by atoms with E-state index in [1.165, 1.54) is 12.3 Å². The molecule has 0 amide bonds. The summed E-state index contributed by atoms with van der Waals surface area (Å²) in [6, 6.07) is 14.4. The molecule has 2 aromatic carbocycles. The molecule has 0 atom stereocenters. The van der Waals surface area contributed by atoms with Crippen molar-refractivity contribution in [3.8, 4) is 11.5 Å². The Hall–Kier alpha value is -2.49. The van der Waals surface area contributed by atoms with Gasteiger partial charge in [0.15, 0.2) is 11.5 Å². The summed E-state index contributed by atoms with van der Waals surface area (Å²) in [5.41, 5.74) is 1.41. The number of hydrogen-bond acceptors (Lipinski definition) is 4. The number of nitrogens with zero attached hydrogens (tertiary/aromatic N) is 2. The molecule has 18 heavy (non-hydrogen) atoms. The van der Waals surface area contributed by atoms with Crippen LogP contribution in [-0.2, 0) is 0 Å². The van der Waals surface area contributed by atoms with Crippen LogP contribution in [0.5, 0.6) is 11.5 Å². The summed E-state index contributed by atoms with van der Waals surface area (Å²) < 4.78 is 0. The lowest BCUT2D eigenvalue weighted by molar-refractivity contribution is 0.403. The van der Waals surface area contributed by atoms with E-state index >= 15 is 0 Å². The Labute approximate surface area is 105 Å². The third-order valence-corrected chi connectivity index (χ3v) is 2.55. The van der Waals surface area contributed by atoms with Crippen LogP contribution in [0, 0.1) is 0 Å². The summed E-state index contributed by atoms with van der Waals surface area (Å²) in [7, 11) is 1.81. The highest BCUT2D eigenvalue weighted by Gasteiger charge is 2.03. The summed E-state index contributed by atoms with van der Waals surface area (Å²) in [5, 5.41) is 24.9. The highest BCUT2D eigenvalue weighted by atomic mass is 16.3. The van der Waals surface area contributed by atoms with Crippen LogP contribution in [0.15, 0.2) is 53.6 Å². The molecule has 2 rings (SSSR count). The highest BCUT2D eigenvalue weighted by molar-refractivity contribution is 5.85. The molecule has 92 valence electrons. The van der Waals surface area contributed by atoms with Gasteiger partial charge in [-0.2, -0.15) is 5.10 Å². The Balaban J connectivity index is 2.19. The molecule has 0 spiro atoms. The van der Waals surface area contributed by atoms with Crippen LogP contribution < -0.4 is 5.01 Å². The van der Waals surface area contributed by atoms with E-state index in [0.717, 1.165) is 5.69 Å². The maximum absolute atomic E-state index is 9.62. The van der Waals surface area contributed by atoms with Crippen molar-refractivity contribution >= 4 is 11.9 Å². The lowest BCUT2D eigenvalue weighted by atomic mass is 10.2. The molecule has 0 heterocycles. The number of hydrogen-bond donors (Lipinski definition) is 2. The van der Waals surface area contributed by atoms with E-state index in [1.54, 1.807) is 17.1 Å². The van der Waals surface area contributed by atoms with Crippen LogP contribution >= 0.6 is 0 Å². The van der Waals surface area contributed by atoms with Crippen molar-refractivity contribution in [2.75, 3.05) is 12.1 Å². The Morgan fingerprint density at radius 3 is 2.44 bits per heavy atom. The third-order valence-electron chi connectivity index (χ3n) is 2.55. The maximum atomic E-state index is 9.62. The normalized spacial score (nSPS) is 10.7. The van der Waals surface area contributed by atoms with Gasteiger partial charge in [0.25, 0.3) is 0 Å². The van der Waals surface area contributed by atoms with Gasteiger partial charge in [-0.05, 0) is 24.3 Å². The monoisotopic (exact) mass is 242 g/mol. The largest absolute Gasteiger partial charge is 0.504 e. The topological polar surface area (TPSA) is 56.1 Å². The first-order valence-corrected chi connectivity index (χ1v) is 5.52. The van der Waals surface area contributed by atoms with Gasteiger partial charge in [-0.15, -0.1) is 0 Å². The van der Waals surface area contributed by atoms with Gasteiger partial charge >= 0.3 is 0 Å². The van der Waals surface area contributed by atoms with Crippen molar-refractivity contribution in [1.82, 2.24) is 0 Å². The van der Waals surface area contributed by atoms with Gasteiger partial charge in [0, 0.05) is 12.6 Å². The average Bonchev–Trinajstić information content (AvgIpc) is 2.41. The van der Waals surface area contributed by atoms with Gasteiger partial charge in [0.1, 0.15) is 0 Å². The lowest BCUT2D eigenvalue weighted by Crippen LogP contribution is -2.08. The van der Waals surface area contributed by atoms with Crippen molar-refractivity contribution in [3.05, 3.63) is 54.1 Å². The molecule has 2 N–H and O–H groups in total. The fourth-order valence-electron chi connectivity index (χ4n) is 1.51. The number of para-hydroxylation sites is 2. The van der Waals surface area contributed by atoms with Gasteiger partial charge < -0.3 is 10.2 Å². The number of aromatic hydroxyl groups is 2. The number of phenolic OH excluding ortho intramolecular Hbond substituents is 2. The van der Waals surface area contributed by atoms with Gasteiger partial charge in [0.2, 0.25) is 0 Å². The molecule has 4 heteroatoms. The fraction of sp³-hybridized carbons (Fsp3) is 0.0714. The summed E-state index contributed by atoms with van der Waals surface area (Å²) >= 11 is 0. The fourth-order valence-corrected chi connectivity index (χ4v) is 1.51. The zero-order valence-corrected chi connectivity index (χ0v) is 9.99. The molecule has 0 aliphatic heterocycles. The summed E-state index contributed by atoms with van der Waals surface area (Å²) in [4.78, 5) is 0. The Bertz CT molecular complexity index is 553. The zero-order valence-electron chi connectivity index (χ0n) is 9.99. The summed E-state index contributed by atoms with van der Waals surface area (Å²) in [5.74, 6) is -0.316. The first-order valence-electron chi connectivity index (χ1n) is 5.52. The second-order valence-electron chi connectivity index (χ2n) is 3.82. The standard InChI is InChI=1S/C14H14N2O2/c1-16(12-7-3-2-4-8-12)15-10-11-6-5-9-13(17)14(11)18/h2-10,17-18H,1H3/b15-10+. The second kappa shape index (κ2) is 5.23. The summed E-state index contributed by atoms with van der Waals surface area (Å²) in [6.07, 6.45) is 1.50. The molecule has 0 radical (unpaired) electrons. The molecule has 2 aromatic rings. The third kappa shape index (κ3) is 2.60. The molecule has 0 saturated heterocycles. The second-order valence-corrected chi connectivity index (χ2v) is 3.82. The molecule has 0 fully saturated rings. The van der Waals surface area contributed by atoms with Crippen molar-refractivity contribution in [3.63, 3.8) is 0 Å². The molecule has 0 unspecified atom stereocenters. The van der Waals surface area contributed by atoms with Crippen LogP contribution in [0.3, 0.4) is 0 Å². The van der Waals surface area contributed by atoms with Crippen LogP contribution in [0.1, 0.15) is 5.56 Å². The van der Waals surface area contributed by atoms with Crippen molar-refractivity contribution in [1.29, 1.82) is 0 Å². The van der Waals surface area contributed by atoms with Crippen LogP contribution in [0.4, 0.5) is 5.69 Å². The van der Waals surface area contributed by atoms with Crippen LogP contribution in [0.2, 0.25) is 0 Å². The number of benzene rings is 2. The highest BCUT2D eigenvalue weighted by Crippen LogP contribution is 2.26. The van der Waals surface area contributed by atoms with Gasteiger partial charge in [-0.3, -0.25) is 5.01 Å². The molecular formula is C14H14N2O2. The smallest absolute Gasteiger partial charge is 0.166 e. The van der Waals surface area contributed by atoms with E-state index in [-0.39, 0.29) is 11.5 Å². The Morgan fingerprint density at radius 2 is 1.72 bits per heavy atom. The number of rotatable bonds is 3. The van der Waals surface area contributed by atoms with Gasteiger partial charge in [-0.1, -0.05) is 24.3 Å².